The molecule has 2 aliphatic rings. The Morgan fingerprint density at radius 3 is 2.21 bits per heavy atom. The third-order valence-electron chi connectivity index (χ3n) is 7.79. The number of piperidine rings is 1. The van der Waals surface area contributed by atoms with Crippen LogP contribution in [0.4, 0.5) is 0 Å². The second-order valence-corrected chi connectivity index (χ2v) is 10.1. The van der Waals surface area contributed by atoms with Gasteiger partial charge in [0.05, 0.1) is 11.5 Å². The fraction of sp³-hybridized carbons (Fsp3) is 0.367. The monoisotopic (exact) mass is 554 g/mol. The maximum atomic E-state index is 13.3. The summed E-state index contributed by atoms with van der Waals surface area (Å²) < 4.78 is 0. The lowest BCUT2D eigenvalue weighted by Gasteiger charge is -2.38. The molecule has 2 fully saturated rings. The van der Waals surface area contributed by atoms with Crippen LogP contribution in [0.15, 0.2) is 85.2 Å². The summed E-state index contributed by atoms with van der Waals surface area (Å²) in [6.07, 6.45) is 7.20. The summed E-state index contributed by atoms with van der Waals surface area (Å²) in [7, 11) is 0. The molecule has 2 aromatic carbocycles. The zero-order chi connectivity index (χ0) is 24.8. The van der Waals surface area contributed by atoms with Gasteiger partial charge in [0.25, 0.3) is 5.91 Å². The molecule has 202 valence electrons. The van der Waals surface area contributed by atoms with Crippen molar-refractivity contribution >= 4 is 36.6 Å². The van der Waals surface area contributed by atoms with E-state index in [2.05, 4.69) is 27.3 Å². The van der Waals surface area contributed by atoms with E-state index in [0.29, 0.717) is 18.0 Å². The smallest absolute Gasteiger partial charge is 0.251 e. The highest BCUT2D eigenvalue weighted by atomic mass is 35.5. The van der Waals surface area contributed by atoms with Crippen LogP contribution in [0, 0.1) is 5.41 Å². The predicted octanol–water partition coefficient (Wildman–Crippen LogP) is 5.30. The molecular formula is C30H36Cl2N4O2. The molecule has 1 N–H and O–H groups in total. The number of aromatic nitrogens is 1. The quantitative estimate of drug-likeness (QED) is 0.410. The molecule has 2 amide bonds. The van der Waals surface area contributed by atoms with Crippen LogP contribution in [-0.4, -0.2) is 52.8 Å². The standard InChI is InChI=1S/C30H34N4O2.2ClH/c35-28(26-11-5-2-6-12-26)32-27(25-9-3-1-4-10-25)13-18-33-19-14-30(15-20-33)16-21-34(29(30)36)23-24-8-7-17-31-22-24;;/h1-12,17,22,27H,13-16,18-21,23H2,(H,32,35);2*1H. The normalized spacial score (nSPS) is 17.4. The molecule has 1 atom stereocenters. The van der Waals surface area contributed by atoms with Gasteiger partial charge in [-0.1, -0.05) is 54.6 Å². The number of hydrogen-bond acceptors (Lipinski definition) is 4. The van der Waals surface area contributed by atoms with Crippen molar-refractivity contribution in [2.45, 2.75) is 38.3 Å². The zero-order valence-corrected chi connectivity index (χ0v) is 23.1. The van der Waals surface area contributed by atoms with Crippen LogP contribution >= 0.6 is 24.8 Å². The SMILES string of the molecule is Cl.Cl.O=C(NC(CCN1CCC2(CC1)CCN(Cc1cccnc1)C2=O)c1ccccc1)c1ccccc1. The summed E-state index contributed by atoms with van der Waals surface area (Å²) in [5.74, 6) is 0.260. The first-order valence-electron chi connectivity index (χ1n) is 12.9. The van der Waals surface area contributed by atoms with Crippen molar-refractivity contribution in [2.24, 2.45) is 5.41 Å². The molecule has 38 heavy (non-hydrogen) atoms. The van der Waals surface area contributed by atoms with Gasteiger partial charge in [-0.05, 0) is 68.1 Å². The summed E-state index contributed by atoms with van der Waals surface area (Å²) in [4.78, 5) is 34.9. The van der Waals surface area contributed by atoms with E-state index in [9.17, 15) is 9.59 Å². The molecule has 8 heteroatoms. The zero-order valence-electron chi connectivity index (χ0n) is 21.5. The molecule has 1 spiro atoms. The number of nitrogens with zero attached hydrogens (tertiary/aromatic N) is 3. The van der Waals surface area contributed by atoms with E-state index in [0.717, 1.165) is 63.0 Å². The lowest BCUT2D eigenvalue weighted by molar-refractivity contribution is -0.138. The van der Waals surface area contributed by atoms with Crippen LogP contribution in [0.25, 0.3) is 0 Å². The summed E-state index contributed by atoms with van der Waals surface area (Å²) >= 11 is 0. The van der Waals surface area contributed by atoms with Crippen molar-refractivity contribution in [3.63, 3.8) is 0 Å². The van der Waals surface area contributed by atoms with Crippen LogP contribution in [0.3, 0.4) is 0 Å². The molecule has 3 heterocycles. The summed E-state index contributed by atoms with van der Waals surface area (Å²) in [5.41, 5.74) is 2.67. The van der Waals surface area contributed by atoms with E-state index in [1.807, 2.05) is 71.8 Å². The highest BCUT2D eigenvalue weighted by molar-refractivity contribution is 5.94. The second kappa shape index (κ2) is 13.7. The number of carbonyl (C=O) groups is 2. The van der Waals surface area contributed by atoms with Gasteiger partial charge in [-0.15, -0.1) is 24.8 Å². The minimum absolute atomic E-state index is 0. The maximum Gasteiger partial charge on any atom is 0.251 e. The number of rotatable bonds is 8. The molecule has 2 aliphatic heterocycles. The van der Waals surface area contributed by atoms with Gasteiger partial charge in [0.1, 0.15) is 0 Å². The Morgan fingerprint density at radius 1 is 0.895 bits per heavy atom. The molecule has 0 saturated carbocycles. The predicted molar refractivity (Wildman–Crippen MR) is 155 cm³/mol. The number of likely N-dealkylation sites (tertiary alicyclic amines) is 2. The number of halogens is 2. The minimum atomic E-state index is -0.209. The summed E-state index contributed by atoms with van der Waals surface area (Å²) in [6.45, 7) is 4.20. The Morgan fingerprint density at radius 2 is 1.55 bits per heavy atom. The molecule has 1 unspecified atom stereocenters. The molecule has 5 rings (SSSR count). The average molecular weight is 556 g/mol. The third kappa shape index (κ3) is 6.93. The van der Waals surface area contributed by atoms with Gasteiger partial charge in [0, 0.05) is 37.6 Å². The second-order valence-electron chi connectivity index (χ2n) is 10.1. The highest BCUT2D eigenvalue weighted by Crippen LogP contribution is 2.42. The molecular weight excluding hydrogens is 519 g/mol. The van der Waals surface area contributed by atoms with Gasteiger partial charge >= 0.3 is 0 Å². The average Bonchev–Trinajstić information content (AvgIpc) is 3.23. The molecule has 2 saturated heterocycles. The van der Waals surface area contributed by atoms with Gasteiger partial charge in [0.15, 0.2) is 0 Å². The van der Waals surface area contributed by atoms with Crippen LogP contribution in [0.5, 0.6) is 0 Å². The first-order valence-corrected chi connectivity index (χ1v) is 12.9. The molecule has 0 aliphatic carbocycles. The maximum absolute atomic E-state index is 13.3. The minimum Gasteiger partial charge on any atom is -0.345 e. The number of benzene rings is 2. The Balaban J connectivity index is 0.00000200. The lowest BCUT2D eigenvalue weighted by atomic mass is 9.77. The Labute approximate surface area is 237 Å². The summed E-state index contributed by atoms with van der Waals surface area (Å²) in [5, 5.41) is 3.24. The topological polar surface area (TPSA) is 65.5 Å². The first-order chi connectivity index (χ1) is 17.6. The van der Waals surface area contributed by atoms with E-state index in [1.165, 1.54) is 0 Å². The first kappa shape index (κ1) is 29.6. The van der Waals surface area contributed by atoms with E-state index in [1.54, 1.807) is 6.20 Å². The van der Waals surface area contributed by atoms with E-state index in [-0.39, 0.29) is 42.2 Å². The lowest BCUT2D eigenvalue weighted by Crippen LogP contribution is -2.45. The van der Waals surface area contributed by atoms with Crippen LogP contribution < -0.4 is 5.32 Å². The molecule has 6 nitrogen and oxygen atoms in total. The number of pyridine rings is 1. The highest BCUT2D eigenvalue weighted by Gasteiger charge is 2.47. The molecule has 3 aromatic rings. The van der Waals surface area contributed by atoms with Crippen LogP contribution in [0.1, 0.15) is 53.2 Å². The van der Waals surface area contributed by atoms with E-state index < -0.39 is 0 Å². The van der Waals surface area contributed by atoms with Gasteiger partial charge < -0.3 is 15.1 Å². The molecule has 0 radical (unpaired) electrons. The number of carbonyl (C=O) groups excluding carboxylic acids is 2. The fourth-order valence-electron chi connectivity index (χ4n) is 5.57. The van der Waals surface area contributed by atoms with Gasteiger partial charge in [0.2, 0.25) is 5.91 Å². The van der Waals surface area contributed by atoms with Gasteiger partial charge in [-0.3, -0.25) is 14.6 Å². The van der Waals surface area contributed by atoms with Crippen LogP contribution in [0.2, 0.25) is 0 Å². The van der Waals surface area contributed by atoms with Crippen molar-refractivity contribution in [2.75, 3.05) is 26.2 Å². The van der Waals surface area contributed by atoms with Crippen molar-refractivity contribution in [3.8, 4) is 0 Å². The third-order valence-corrected chi connectivity index (χ3v) is 7.79. The van der Waals surface area contributed by atoms with Crippen LogP contribution in [-0.2, 0) is 11.3 Å². The molecule has 0 bridgehead atoms. The van der Waals surface area contributed by atoms with E-state index in [4.69, 9.17) is 0 Å². The Hall–Kier alpha value is -2.93. The van der Waals surface area contributed by atoms with Crippen molar-refractivity contribution in [3.05, 3.63) is 102 Å². The fourth-order valence-corrected chi connectivity index (χ4v) is 5.57. The van der Waals surface area contributed by atoms with Gasteiger partial charge in [-0.2, -0.15) is 0 Å². The van der Waals surface area contributed by atoms with Crippen molar-refractivity contribution in [1.29, 1.82) is 0 Å². The number of nitrogens with one attached hydrogen (secondary N) is 1. The Kier molecular flexibility index (Phi) is 10.7. The van der Waals surface area contributed by atoms with Gasteiger partial charge in [-0.25, -0.2) is 0 Å². The largest absolute Gasteiger partial charge is 0.345 e. The molecule has 1 aromatic heterocycles. The Bertz CT molecular complexity index is 1160. The summed E-state index contributed by atoms with van der Waals surface area (Å²) in [6, 6.07) is 23.5. The van der Waals surface area contributed by atoms with Crippen molar-refractivity contribution < 1.29 is 9.59 Å². The van der Waals surface area contributed by atoms with Crippen molar-refractivity contribution in [1.82, 2.24) is 20.1 Å². The number of amides is 2. The van der Waals surface area contributed by atoms with E-state index >= 15 is 0 Å². The number of hydrogen-bond donors (Lipinski definition) is 1.